The highest BCUT2D eigenvalue weighted by Gasteiger charge is 2.22. The van der Waals surface area contributed by atoms with Gasteiger partial charge >= 0.3 is 0 Å². The first-order chi connectivity index (χ1) is 11.5. The van der Waals surface area contributed by atoms with Crippen LogP contribution in [0.15, 0.2) is 24.3 Å². The van der Waals surface area contributed by atoms with Gasteiger partial charge in [-0.15, -0.1) is 0 Å². The van der Waals surface area contributed by atoms with Crippen molar-refractivity contribution in [1.82, 2.24) is 10.2 Å². The molecule has 2 rings (SSSR count). The summed E-state index contributed by atoms with van der Waals surface area (Å²) in [4.78, 5) is 14.8. The zero-order chi connectivity index (χ0) is 17.5. The Morgan fingerprint density at radius 2 is 1.83 bits per heavy atom. The van der Waals surface area contributed by atoms with Crippen LogP contribution in [0.4, 0.5) is 0 Å². The molecule has 0 saturated heterocycles. The molecule has 4 nitrogen and oxygen atoms in total. The van der Waals surface area contributed by atoms with Crippen LogP contribution in [0.3, 0.4) is 0 Å². The molecule has 0 aliphatic heterocycles. The van der Waals surface area contributed by atoms with Crippen LogP contribution >= 0.6 is 0 Å². The molecule has 1 fully saturated rings. The van der Waals surface area contributed by atoms with Gasteiger partial charge in [0, 0.05) is 6.04 Å². The molecule has 0 heterocycles. The lowest BCUT2D eigenvalue weighted by molar-refractivity contribution is -0.123. The lowest BCUT2D eigenvalue weighted by Gasteiger charge is -2.31. The molecule has 1 amide bonds. The highest BCUT2D eigenvalue weighted by atomic mass is 16.5. The van der Waals surface area contributed by atoms with Gasteiger partial charge in [0.15, 0.2) is 0 Å². The van der Waals surface area contributed by atoms with Crippen LogP contribution in [0, 0.1) is 5.92 Å². The van der Waals surface area contributed by atoms with Crippen LogP contribution in [0.25, 0.3) is 0 Å². The molecule has 4 heteroatoms. The molecule has 1 aliphatic carbocycles. The molecule has 0 radical (unpaired) electrons. The monoisotopic (exact) mass is 332 g/mol. The number of nitrogens with zero attached hydrogens (tertiary/aromatic N) is 1. The molecule has 1 aliphatic rings. The Morgan fingerprint density at radius 1 is 1.21 bits per heavy atom. The third-order valence-electron chi connectivity index (χ3n) is 5.05. The molecule has 1 saturated carbocycles. The van der Waals surface area contributed by atoms with E-state index < -0.39 is 0 Å². The van der Waals surface area contributed by atoms with Gasteiger partial charge in [-0.05, 0) is 43.5 Å². The van der Waals surface area contributed by atoms with Crippen molar-refractivity contribution in [1.29, 1.82) is 0 Å². The number of carbonyl (C=O) groups excluding carboxylic acids is 1. The predicted molar refractivity (Wildman–Crippen MR) is 98.2 cm³/mol. The van der Waals surface area contributed by atoms with Gasteiger partial charge < -0.3 is 10.1 Å². The Balaban J connectivity index is 1.94. The molecule has 1 atom stereocenters. The van der Waals surface area contributed by atoms with Crippen molar-refractivity contribution in [2.45, 2.75) is 58.0 Å². The quantitative estimate of drug-likeness (QED) is 0.826. The summed E-state index contributed by atoms with van der Waals surface area (Å²) in [6, 6.07) is 8.56. The zero-order valence-corrected chi connectivity index (χ0v) is 15.5. The maximum Gasteiger partial charge on any atom is 0.234 e. The first kappa shape index (κ1) is 18.8. The van der Waals surface area contributed by atoms with E-state index in [9.17, 15) is 4.79 Å². The number of carbonyl (C=O) groups is 1. The van der Waals surface area contributed by atoms with E-state index in [1.165, 1.54) is 32.1 Å². The van der Waals surface area contributed by atoms with Crippen LogP contribution in [0.1, 0.15) is 57.6 Å². The molecule has 1 aromatic rings. The molecule has 0 aromatic heterocycles. The molecular weight excluding hydrogens is 300 g/mol. The van der Waals surface area contributed by atoms with Gasteiger partial charge in [0.2, 0.25) is 5.91 Å². The SMILES string of the molecule is COc1ccc(C(NC(=O)CN(C)C2CCCCC2)C(C)C)cc1. The van der Waals surface area contributed by atoms with Crippen molar-refractivity contribution >= 4 is 5.91 Å². The Bertz CT molecular complexity index is 507. The fourth-order valence-electron chi connectivity index (χ4n) is 3.54. The number of methoxy groups -OCH3 is 1. The average Bonchev–Trinajstić information content (AvgIpc) is 2.60. The summed E-state index contributed by atoms with van der Waals surface area (Å²) < 4.78 is 5.22. The zero-order valence-electron chi connectivity index (χ0n) is 15.5. The Morgan fingerprint density at radius 3 is 2.38 bits per heavy atom. The third kappa shape index (κ3) is 5.23. The normalized spacial score (nSPS) is 17.1. The predicted octanol–water partition coefficient (Wildman–Crippen LogP) is 3.77. The first-order valence-electron chi connectivity index (χ1n) is 9.14. The summed E-state index contributed by atoms with van der Waals surface area (Å²) in [7, 11) is 3.74. The number of hydrogen-bond donors (Lipinski definition) is 1. The van der Waals surface area contributed by atoms with E-state index in [2.05, 4.69) is 31.1 Å². The number of nitrogens with one attached hydrogen (secondary N) is 1. The van der Waals surface area contributed by atoms with Gasteiger partial charge in [-0.25, -0.2) is 0 Å². The van der Waals surface area contributed by atoms with E-state index in [0.717, 1.165) is 11.3 Å². The summed E-state index contributed by atoms with van der Waals surface area (Å²) in [5, 5.41) is 3.22. The van der Waals surface area contributed by atoms with E-state index in [-0.39, 0.29) is 11.9 Å². The van der Waals surface area contributed by atoms with E-state index in [1.807, 2.05) is 24.3 Å². The van der Waals surface area contributed by atoms with Crippen molar-refractivity contribution in [2.75, 3.05) is 20.7 Å². The molecule has 134 valence electrons. The second kappa shape index (κ2) is 9.07. The van der Waals surface area contributed by atoms with Crippen LogP contribution in [-0.4, -0.2) is 37.6 Å². The van der Waals surface area contributed by atoms with Crippen LogP contribution < -0.4 is 10.1 Å². The molecule has 24 heavy (non-hydrogen) atoms. The molecule has 0 spiro atoms. The number of likely N-dealkylation sites (N-methyl/N-ethyl adjacent to an activating group) is 1. The number of benzene rings is 1. The van der Waals surface area contributed by atoms with E-state index in [0.29, 0.717) is 18.5 Å². The summed E-state index contributed by atoms with van der Waals surface area (Å²) in [6.07, 6.45) is 6.35. The summed E-state index contributed by atoms with van der Waals surface area (Å²) in [5.41, 5.74) is 1.12. The third-order valence-corrected chi connectivity index (χ3v) is 5.05. The smallest absolute Gasteiger partial charge is 0.234 e. The topological polar surface area (TPSA) is 41.6 Å². The van der Waals surface area contributed by atoms with Gasteiger partial charge in [-0.2, -0.15) is 0 Å². The molecule has 1 N–H and O–H groups in total. The van der Waals surface area contributed by atoms with Gasteiger partial charge in [0.1, 0.15) is 5.75 Å². The molecular formula is C20H32N2O2. The number of rotatable bonds is 7. The molecule has 1 unspecified atom stereocenters. The minimum Gasteiger partial charge on any atom is -0.497 e. The Labute approximate surface area is 146 Å². The summed E-state index contributed by atoms with van der Waals surface area (Å²) in [5.74, 6) is 1.28. The van der Waals surface area contributed by atoms with Gasteiger partial charge in [-0.1, -0.05) is 45.2 Å². The van der Waals surface area contributed by atoms with Crippen molar-refractivity contribution in [3.63, 3.8) is 0 Å². The van der Waals surface area contributed by atoms with Crippen molar-refractivity contribution < 1.29 is 9.53 Å². The Hall–Kier alpha value is -1.55. The first-order valence-corrected chi connectivity index (χ1v) is 9.14. The average molecular weight is 332 g/mol. The van der Waals surface area contributed by atoms with Gasteiger partial charge in [-0.3, -0.25) is 9.69 Å². The van der Waals surface area contributed by atoms with Crippen LogP contribution in [0.2, 0.25) is 0 Å². The van der Waals surface area contributed by atoms with Crippen molar-refractivity contribution in [2.24, 2.45) is 5.92 Å². The van der Waals surface area contributed by atoms with Crippen molar-refractivity contribution in [3.8, 4) is 5.75 Å². The van der Waals surface area contributed by atoms with E-state index in [1.54, 1.807) is 7.11 Å². The summed E-state index contributed by atoms with van der Waals surface area (Å²) >= 11 is 0. The van der Waals surface area contributed by atoms with Crippen molar-refractivity contribution in [3.05, 3.63) is 29.8 Å². The number of ether oxygens (including phenoxy) is 1. The van der Waals surface area contributed by atoms with Gasteiger partial charge in [0.05, 0.1) is 19.7 Å². The largest absolute Gasteiger partial charge is 0.497 e. The second-order valence-electron chi connectivity index (χ2n) is 7.27. The second-order valence-corrected chi connectivity index (χ2v) is 7.27. The number of hydrogen-bond acceptors (Lipinski definition) is 3. The van der Waals surface area contributed by atoms with Gasteiger partial charge in [0.25, 0.3) is 0 Å². The van der Waals surface area contributed by atoms with Crippen LogP contribution in [0.5, 0.6) is 5.75 Å². The molecule has 1 aromatic carbocycles. The minimum atomic E-state index is 0.0307. The maximum atomic E-state index is 12.5. The fourth-order valence-corrected chi connectivity index (χ4v) is 3.54. The van der Waals surface area contributed by atoms with E-state index in [4.69, 9.17) is 4.74 Å². The lowest BCUT2D eigenvalue weighted by Crippen LogP contribution is -2.43. The van der Waals surface area contributed by atoms with E-state index >= 15 is 0 Å². The Kier molecular flexibility index (Phi) is 7.10. The standard InChI is InChI=1S/C20H32N2O2/c1-15(2)20(16-10-12-18(24-4)13-11-16)21-19(23)14-22(3)17-8-6-5-7-9-17/h10-13,15,17,20H,5-9,14H2,1-4H3,(H,21,23). The molecule has 0 bridgehead atoms. The highest BCUT2D eigenvalue weighted by molar-refractivity contribution is 5.78. The summed E-state index contributed by atoms with van der Waals surface area (Å²) in [6.45, 7) is 4.75. The highest BCUT2D eigenvalue weighted by Crippen LogP contribution is 2.24. The number of amides is 1. The fraction of sp³-hybridized carbons (Fsp3) is 0.650. The maximum absolute atomic E-state index is 12.5. The lowest BCUT2D eigenvalue weighted by atomic mass is 9.94. The van der Waals surface area contributed by atoms with Crippen LogP contribution in [-0.2, 0) is 4.79 Å². The minimum absolute atomic E-state index is 0.0307.